The number of benzene rings is 2. The van der Waals surface area contributed by atoms with Crippen LogP contribution in [0.4, 0.5) is 5.69 Å². The Balaban J connectivity index is 1.29. The van der Waals surface area contributed by atoms with Crippen molar-refractivity contribution < 1.29 is 27.5 Å². The van der Waals surface area contributed by atoms with Crippen LogP contribution in [0.25, 0.3) is 0 Å². The van der Waals surface area contributed by atoms with Gasteiger partial charge in [0.1, 0.15) is 0 Å². The molecule has 3 rings (SSSR count). The molecule has 1 saturated heterocycles. The van der Waals surface area contributed by atoms with Crippen LogP contribution >= 0.6 is 12.2 Å². The lowest BCUT2D eigenvalue weighted by Gasteiger charge is -2.12. The van der Waals surface area contributed by atoms with E-state index in [0.717, 1.165) is 25.7 Å². The first-order valence-electron chi connectivity index (χ1n) is 12.3. The van der Waals surface area contributed by atoms with Gasteiger partial charge in [-0.2, -0.15) is 0 Å². The third kappa shape index (κ3) is 10.6. The van der Waals surface area contributed by atoms with E-state index in [1.807, 2.05) is 30.3 Å². The molecule has 2 aromatic rings. The Hall–Kier alpha value is -2.86. The number of thiocarbonyl (C=S) groups is 1. The second-order valence-corrected chi connectivity index (χ2v) is 10.9. The minimum atomic E-state index is -3.65. The minimum absolute atomic E-state index is 0.0839. The first-order chi connectivity index (χ1) is 17.8. The molecule has 0 bridgehead atoms. The van der Waals surface area contributed by atoms with Gasteiger partial charge >= 0.3 is 5.97 Å². The molecule has 1 atom stereocenters. The molecule has 1 aliphatic rings. The van der Waals surface area contributed by atoms with Crippen LogP contribution in [0.15, 0.2) is 59.5 Å². The van der Waals surface area contributed by atoms with E-state index >= 15 is 0 Å². The first-order valence-corrected chi connectivity index (χ1v) is 14.2. The van der Waals surface area contributed by atoms with Gasteiger partial charge in [0.25, 0.3) is 0 Å². The first kappa shape index (κ1) is 28.7. The zero-order valence-corrected chi connectivity index (χ0v) is 22.2. The molecule has 2 aromatic carbocycles. The molecule has 0 saturated carbocycles. The summed E-state index contributed by atoms with van der Waals surface area (Å²) < 4.78 is 38.1. The van der Waals surface area contributed by atoms with E-state index in [4.69, 9.17) is 21.7 Å². The van der Waals surface area contributed by atoms with Gasteiger partial charge in [0, 0.05) is 31.7 Å². The zero-order valence-electron chi connectivity index (χ0n) is 20.6. The average molecular weight is 548 g/mol. The van der Waals surface area contributed by atoms with Crippen molar-refractivity contribution >= 4 is 44.9 Å². The van der Waals surface area contributed by atoms with Crippen molar-refractivity contribution in [3.63, 3.8) is 0 Å². The molecule has 0 spiro atoms. The number of rotatable bonds is 13. The topological polar surface area (TPSA) is 123 Å². The minimum Gasteiger partial charge on any atom is -0.466 e. The summed E-state index contributed by atoms with van der Waals surface area (Å²) >= 11 is 5.16. The number of nitrogens with one attached hydrogen (secondary N) is 3. The predicted molar refractivity (Wildman–Crippen MR) is 145 cm³/mol. The monoisotopic (exact) mass is 547 g/mol. The molecular formula is C26H33N3O6S2. The number of aryl methyl sites for hydroxylation is 1. The maximum absolute atomic E-state index is 12.4. The third-order valence-corrected chi connectivity index (χ3v) is 7.34. The van der Waals surface area contributed by atoms with Crippen molar-refractivity contribution in [2.75, 3.05) is 25.1 Å². The van der Waals surface area contributed by atoms with Crippen LogP contribution < -0.4 is 15.4 Å². The summed E-state index contributed by atoms with van der Waals surface area (Å²) in [5.74, 6) is -0.659. The maximum atomic E-state index is 12.4. The summed E-state index contributed by atoms with van der Waals surface area (Å²) in [6, 6.07) is 16.0. The third-order valence-electron chi connectivity index (χ3n) is 5.70. The molecule has 3 N–H and O–H groups in total. The number of amides is 1. The molecular weight excluding hydrogens is 514 g/mol. The lowest BCUT2D eigenvalue weighted by Crippen LogP contribution is -2.34. The molecule has 9 nitrogen and oxygen atoms in total. The fourth-order valence-corrected chi connectivity index (χ4v) is 5.03. The van der Waals surface area contributed by atoms with Crippen LogP contribution in [-0.4, -0.2) is 51.3 Å². The molecule has 1 amide bonds. The highest BCUT2D eigenvalue weighted by molar-refractivity contribution is 7.89. The van der Waals surface area contributed by atoms with Crippen molar-refractivity contribution in [3.05, 3.63) is 60.2 Å². The van der Waals surface area contributed by atoms with Crippen LogP contribution in [-0.2, 0) is 35.5 Å². The number of hydrogen-bond acceptors (Lipinski definition) is 7. The fraction of sp³-hybridized carbons (Fsp3) is 0.423. The Morgan fingerprint density at radius 3 is 2.49 bits per heavy atom. The zero-order chi connectivity index (χ0) is 26.5. The van der Waals surface area contributed by atoms with Gasteiger partial charge in [-0.15, -0.1) is 0 Å². The van der Waals surface area contributed by atoms with Crippen LogP contribution in [0.3, 0.4) is 0 Å². The Kier molecular flexibility index (Phi) is 11.5. The molecule has 37 heavy (non-hydrogen) atoms. The largest absolute Gasteiger partial charge is 0.466 e. The molecule has 1 heterocycles. The maximum Gasteiger partial charge on any atom is 0.305 e. The summed E-state index contributed by atoms with van der Waals surface area (Å²) in [5.41, 5.74) is 1.73. The van der Waals surface area contributed by atoms with E-state index in [1.54, 1.807) is 12.1 Å². The van der Waals surface area contributed by atoms with Crippen molar-refractivity contribution in [3.8, 4) is 0 Å². The number of hydrogen-bond donors (Lipinski definition) is 3. The van der Waals surface area contributed by atoms with Gasteiger partial charge in [-0.1, -0.05) is 30.3 Å². The number of esters is 1. The smallest absolute Gasteiger partial charge is 0.305 e. The van der Waals surface area contributed by atoms with E-state index < -0.39 is 10.0 Å². The van der Waals surface area contributed by atoms with E-state index in [0.29, 0.717) is 25.3 Å². The van der Waals surface area contributed by atoms with Gasteiger partial charge < -0.3 is 20.1 Å². The quantitative estimate of drug-likeness (QED) is 0.198. The second-order valence-electron chi connectivity index (χ2n) is 8.68. The molecule has 0 radical (unpaired) electrons. The molecule has 0 aromatic heterocycles. The van der Waals surface area contributed by atoms with Gasteiger partial charge in [0.05, 0.1) is 17.6 Å². The molecule has 11 heteroatoms. The Bertz CT molecular complexity index is 1130. The van der Waals surface area contributed by atoms with Gasteiger partial charge in [-0.3, -0.25) is 9.59 Å². The number of carbonyl (C=O) groups is 2. The number of sulfonamides is 1. The van der Waals surface area contributed by atoms with Crippen molar-refractivity contribution in [1.82, 2.24) is 10.0 Å². The van der Waals surface area contributed by atoms with E-state index in [2.05, 4.69) is 15.4 Å². The van der Waals surface area contributed by atoms with Gasteiger partial charge in [0.15, 0.2) is 5.11 Å². The Labute approximate surface area is 223 Å². The van der Waals surface area contributed by atoms with Crippen molar-refractivity contribution in [1.29, 1.82) is 0 Å². The lowest BCUT2D eigenvalue weighted by atomic mass is 10.1. The summed E-state index contributed by atoms with van der Waals surface area (Å²) in [5, 5.41) is 5.49. The highest BCUT2D eigenvalue weighted by Crippen LogP contribution is 2.16. The summed E-state index contributed by atoms with van der Waals surface area (Å²) in [6.07, 6.45) is 3.88. The Morgan fingerprint density at radius 2 is 1.78 bits per heavy atom. The van der Waals surface area contributed by atoms with E-state index in [9.17, 15) is 18.0 Å². The van der Waals surface area contributed by atoms with Crippen LogP contribution in [0, 0.1) is 0 Å². The van der Waals surface area contributed by atoms with Gasteiger partial charge in [0.2, 0.25) is 15.9 Å². The lowest BCUT2D eigenvalue weighted by molar-refractivity contribution is -0.143. The predicted octanol–water partition coefficient (Wildman–Crippen LogP) is 3.30. The van der Waals surface area contributed by atoms with Crippen LogP contribution in [0.2, 0.25) is 0 Å². The number of anilines is 1. The molecule has 0 aliphatic carbocycles. The van der Waals surface area contributed by atoms with Crippen LogP contribution in [0.5, 0.6) is 0 Å². The van der Waals surface area contributed by atoms with Crippen molar-refractivity contribution in [2.45, 2.75) is 55.9 Å². The molecule has 200 valence electrons. The molecule has 1 fully saturated rings. The van der Waals surface area contributed by atoms with Crippen LogP contribution in [0.1, 0.15) is 44.1 Å². The fourth-order valence-electron chi connectivity index (χ4n) is 3.73. The molecule has 1 unspecified atom stereocenters. The Morgan fingerprint density at radius 1 is 1.03 bits per heavy atom. The summed E-state index contributed by atoms with van der Waals surface area (Å²) in [4.78, 5) is 24.1. The van der Waals surface area contributed by atoms with Crippen molar-refractivity contribution in [2.24, 2.45) is 0 Å². The standard InChI is InChI=1S/C26H33N3O6S2/c30-24(11-4-12-25(31)35-18-5-9-20-7-2-1-3-8-20)29-26(36)28-21-13-15-23(16-14-21)37(32,33)27-19-22-10-6-17-34-22/h1-3,7-8,13-16,22,27H,4-6,9-12,17-19H2,(H2,28,29,30,36). The average Bonchev–Trinajstić information content (AvgIpc) is 3.40. The van der Waals surface area contributed by atoms with E-state index in [-0.39, 0.29) is 47.4 Å². The highest BCUT2D eigenvalue weighted by atomic mass is 32.2. The van der Waals surface area contributed by atoms with Gasteiger partial charge in [-0.25, -0.2) is 13.1 Å². The summed E-state index contributed by atoms with van der Waals surface area (Å²) in [7, 11) is -3.65. The number of carbonyl (C=O) groups excluding carboxylic acids is 2. The number of ether oxygens (including phenoxy) is 2. The normalized spacial score (nSPS) is 15.2. The van der Waals surface area contributed by atoms with Gasteiger partial charge in [-0.05, 0) is 74.2 Å². The summed E-state index contributed by atoms with van der Waals surface area (Å²) in [6.45, 7) is 1.24. The second kappa shape index (κ2) is 14.8. The highest BCUT2D eigenvalue weighted by Gasteiger charge is 2.20. The SMILES string of the molecule is O=C(CCCC(=O)OCCCc1ccccc1)NC(=S)Nc1ccc(S(=O)(=O)NCC2CCCO2)cc1. The molecule has 1 aliphatic heterocycles. The van der Waals surface area contributed by atoms with E-state index in [1.165, 1.54) is 17.7 Å².